The molecule has 0 radical (unpaired) electrons. The Bertz CT molecular complexity index is 276. The van der Waals surface area contributed by atoms with Gasteiger partial charge in [0.05, 0.1) is 13.2 Å². The van der Waals surface area contributed by atoms with E-state index in [0.29, 0.717) is 13.0 Å². The summed E-state index contributed by atoms with van der Waals surface area (Å²) in [5, 5.41) is 6.42. The average molecular weight is 256 g/mol. The number of rotatable bonds is 4. The maximum Gasteiger partial charge on any atom is 0.222 e. The van der Waals surface area contributed by atoms with Crippen LogP contribution in [0, 0.1) is 5.41 Å². The van der Waals surface area contributed by atoms with E-state index in [1.54, 1.807) is 0 Å². The fourth-order valence-electron chi connectivity index (χ4n) is 2.77. The molecular formula is C14H28N2O2. The van der Waals surface area contributed by atoms with E-state index in [1.165, 1.54) is 0 Å². The summed E-state index contributed by atoms with van der Waals surface area (Å²) in [5.74, 6) is 0.104. The molecule has 0 aromatic heterocycles. The van der Waals surface area contributed by atoms with E-state index in [2.05, 4.69) is 45.3 Å². The third-order valence-corrected chi connectivity index (χ3v) is 2.88. The van der Waals surface area contributed by atoms with E-state index in [0.717, 1.165) is 19.6 Å². The van der Waals surface area contributed by atoms with E-state index in [4.69, 9.17) is 4.74 Å². The number of carbonyl (C=O) groups excluding carboxylic acids is 1. The van der Waals surface area contributed by atoms with Crippen LogP contribution in [-0.2, 0) is 9.53 Å². The van der Waals surface area contributed by atoms with Crippen molar-refractivity contribution in [1.82, 2.24) is 10.6 Å². The Hall–Kier alpha value is -0.610. The van der Waals surface area contributed by atoms with Crippen molar-refractivity contribution in [1.29, 1.82) is 0 Å². The molecule has 1 fully saturated rings. The number of amides is 1. The number of hydrogen-bond acceptors (Lipinski definition) is 3. The first-order valence-electron chi connectivity index (χ1n) is 6.80. The highest BCUT2D eigenvalue weighted by molar-refractivity contribution is 5.77. The lowest BCUT2D eigenvalue weighted by atomic mass is 9.81. The van der Waals surface area contributed by atoms with Crippen LogP contribution in [0.4, 0.5) is 0 Å². The Morgan fingerprint density at radius 1 is 1.33 bits per heavy atom. The number of hydrogen-bond donors (Lipinski definition) is 2. The lowest BCUT2D eigenvalue weighted by Gasteiger charge is -2.34. The maximum atomic E-state index is 12.0. The van der Waals surface area contributed by atoms with E-state index in [9.17, 15) is 4.79 Å². The number of ether oxygens (including phenoxy) is 1. The first-order chi connectivity index (χ1) is 8.18. The first kappa shape index (κ1) is 15.4. The molecule has 0 spiro atoms. The van der Waals surface area contributed by atoms with Gasteiger partial charge in [-0.25, -0.2) is 0 Å². The van der Waals surface area contributed by atoms with Gasteiger partial charge >= 0.3 is 0 Å². The largest absolute Gasteiger partial charge is 0.378 e. The molecule has 1 rings (SSSR count). The predicted octanol–water partition coefficient (Wildman–Crippen LogP) is 1.70. The van der Waals surface area contributed by atoms with Crippen LogP contribution >= 0.6 is 0 Å². The Kier molecular flexibility index (Phi) is 5.17. The van der Waals surface area contributed by atoms with Crippen molar-refractivity contribution in [3.05, 3.63) is 0 Å². The zero-order chi connectivity index (χ0) is 13.8. The normalized spacial score (nSPS) is 21.7. The van der Waals surface area contributed by atoms with Crippen LogP contribution in [0.1, 0.15) is 47.5 Å². The van der Waals surface area contributed by atoms with Crippen molar-refractivity contribution in [2.45, 2.75) is 59.0 Å². The maximum absolute atomic E-state index is 12.0. The molecule has 0 aromatic carbocycles. The zero-order valence-electron chi connectivity index (χ0n) is 12.4. The average Bonchev–Trinajstić information content (AvgIpc) is 2.13. The highest BCUT2D eigenvalue weighted by atomic mass is 16.5. The smallest absolute Gasteiger partial charge is 0.222 e. The summed E-state index contributed by atoms with van der Waals surface area (Å²) >= 11 is 0. The van der Waals surface area contributed by atoms with Crippen LogP contribution in [-0.4, -0.2) is 37.2 Å². The van der Waals surface area contributed by atoms with Crippen molar-refractivity contribution in [2.75, 3.05) is 19.8 Å². The Labute approximate surface area is 111 Å². The van der Waals surface area contributed by atoms with Crippen molar-refractivity contribution in [2.24, 2.45) is 5.41 Å². The van der Waals surface area contributed by atoms with Crippen LogP contribution in [0.5, 0.6) is 0 Å². The Morgan fingerprint density at radius 2 is 2.00 bits per heavy atom. The van der Waals surface area contributed by atoms with Crippen molar-refractivity contribution < 1.29 is 9.53 Å². The molecule has 4 nitrogen and oxygen atoms in total. The molecule has 1 amide bonds. The summed E-state index contributed by atoms with van der Waals surface area (Å²) in [6.45, 7) is 13.0. The van der Waals surface area contributed by atoms with E-state index in [1.807, 2.05) is 0 Å². The second kappa shape index (κ2) is 6.02. The molecule has 18 heavy (non-hydrogen) atoms. The second-order valence-corrected chi connectivity index (χ2v) is 7.10. The van der Waals surface area contributed by atoms with Gasteiger partial charge in [-0.2, -0.15) is 0 Å². The monoisotopic (exact) mass is 256 g/mol. The molecule has 1 aliphatic heterocycles. The van der Waals surface area contributed by atoms with Crippen molar-refractivity contribution >= 4 is 5.91 Å². The first-order valence-corrected chi connectivity index (χ1v) is 6.80. The highest BCUT2D eigenvalue weighted by Gasteiger charge is 2.28. The Balaban J connectivity index is 2.38. The third kappa shape index (κ3) is 6.36. The number of morpholine rings is 1. The predicted molar refractivity (Wildman–Crippen MR) is 73.5 cm³/mol. The van der Waals surface area contributed by atoms with E-state index < -0.39 is 0 Å². The summed E-state index contributed by atoms with van der Waals surface area (Å²) in [6.07, 6.45) is 1.45. The summed E-state index contributed by atoms with van der Waals surface area (Å²) < 4.78 is 5.35. The summed E-state index contributed by atoms with van der Waals surface area (Å²) in [6, 6.07) is 0.157. The van der Waals surface area contributed by atoms with Gasteiger partial charge in [-0.1, -0.05) is 20.8 Å². The van der Waals surface area contributed by atoms with Gasteiger partial charge in [-0.15, -0.1) is 0 Å². The molecule has 2 N–H and O–H groups in total. The minimum atomic E-state index is -0.162. The standard InChI is InChI=1S/C14H28N2O2/c1-13(2,3)10-14(4,5)16-12(17)8-11-9-18-7-6-15-11/h11,15H,6-10H2,1-5H3,(H,16,17). The van der Waals surface area contributed by atoms with Gasteiger partial charge in [0.2, 0.25) is 5.91 Å². The van der Waals surface area contributed by atoms with Gasteiger partial charge < -0.3 is 15.4 Å². The molecule has 4 heteroatoms. The van der Waals surface area contributed by atoms with Gasteiger partial charge in [0.25, 0.3) is 0 Å². The quantitative estimate of drug-likeness (QED) is 0.805. The van der Waals surface area contributed by atoms with Crippen LogP contribution in [0.15, 0.2) is 0 Å². The van der Waals surface area contributed by atoms with E-state index >= 15 is 0 Å². The SMILES string of the molecule is CC(C)(C)CC(C)(C)NC(=O)CC1COCCN1. The summed E-state index contributed by atoms with van der Waals surface area (Å²) in [5.41, 5.74) is 0.0494. The molecule has 0 aromatic rings. The van der Waals surface area contributed by atoms with Gasteiger partial charge in [-0.3, -0.25) is 4.79 Å². The molecule has 1 unspecified atom stereocenters. The summed E-state index contributed by atoms with van der Waals surface area (Å²) in [7, 11) is 0. The molecule has 106 valence electrons. The lowest BCUT2D eigenvalue weighted by molar-refractivity contribution is -0.124. The number of carbonyl (C=O) groups is 1. The fourth-order valence-corrected chi connectivity index (χ4v) is 2.77. The third-order valence-electron chi connectivity index (χ3n) is 2.88. The van der Waals surface area contributed by atoms with Crippen molar-refractivity contribution in [3.8, 4) is 0 Å². The minimum Gasteiger partial charge on any atom is -0.378 e. The van der Waals surface area contributed by atoms with Gasteiger partial charge in [0.15, 0.2) is 0 Å². The minimum absolute atomic E-state index is 0.104. The van der Waals surface area contributed by atoms with Crippen LogP contribution in [0.2, 0.25) is 0 Å². The zero-order valence-corrected chi connectivity index (χ0v) is 12.4. The highest BCUT2D eigenvalue weighted by Crippen LogP contribution is 2.26. The van der Waals surface area contributed by atoms with Gasteiger partial charge in [0, 0.05) is 24.5 Å². The fraction of sp³-hybridized carbons (Fsp3) is 0.929. The van der Waals surface area contributed by atoms with E-state index in [-0.39, 0.29) is 22.9 Å². The van der Waals surface area contributed by atoms with Crippen LogP contribution in [0.3, 0.4) is 0 Å². The van der Waals surface area contributed by atoms with Crippen LogP contribution < -0.4 is 10.6 Å². The second-order valence-electron chi connectivity index (χ2n) is 7.10. The molecule has 0 saturated carbocycles. The molecule has 0 bridgehead atoms. The van der Waals surface area contributed by atoms with Gasteiger partial charge in [-0.05, 0) is 25.7 Å². The lowest BCUT2D eigenvalue weighted by Crippen LogP contribution is -2.49. The molecule has 1 aliphatic rings. The molecule has 1 atom stereocenters. The van der Waals surface area contributed by atoms with Crippen molar-refractivity contribution in [3.63, 3.8) is 0 Å². The Morgan fingerprint density at radius 3 is 2.50 bits per heavy atom. The molecule has 1 saturated heterocycles. The summed E-state index contributed by atoms with van der Waals surface area (Å²) in [4.78, 5) is 12.0. The molecule has 1 heterocycles. The molecule has 0 aliphatic carbocycles. The van der Waals surface area contributed by atoms with Gasteiger partial charge in [0.1, 0.15) is 0 Å². The number of nitrogens with one attached hydrogen (secondary N) is 2. The molecular weight excluding hydrogens is 228 g/mol. The van der Waals surface area contributed by atoms with Crippen LogP contribution in [0.25, 0.3) is 0 Å². The topological polar surface area (TPSA) is 50.4 Å².